The Morgan fingerprint density at radius 1 is 0.854 bits per heavy atom. The Morgan fingerprint density at radius 2 is 1.40 bits per heavy atom. The van der Waals surface area contributed by atoms with Crippen LogP contribution >= 0.6 is 0 Å². The van der Waals surface area contributed by atoms with E-state index in [-0.39, 0.29) is 45.2 Å². The van der Waals surface area contributed by atoms with Crippen molar-refractivity contribution in [2.75, 3.05) is 58.9 Å². The molecule has 1 atom stereocenters. The fraction of sp³-hybridized carbons (Fsp3) is 0.487. The normalized spacial score (nSPS) is 16.7. The van der Waals surface area contributed by atoms with Crippen LogP contribution in [0.3, 0.4) is 0 Å². The van der Waals surface area contributed by atoms with Crippen LogP contribution in [0.1, 0.15) is 58.2 Å². The van der Waals surface area contributed by atoms with E-state index in [0.29, 0.717) is 19.0 Å². The molecule has 2 heterocycles. The second kappa shape index (κ2) is 26.7. The maximum atomic E-state index is 10.9. The Labute approximate surface area is 317 Å². The summed E-state index contributed by atoms with van der Waals surface area (Å²) in [6, 6.07) is 32.3. The van der Waals surface area contributed by atoms with Gasteiger partial charge in [0.15, 0.2) is 0 Å². The molecule has 5 rings (SSSR count). The van der Waals surface area contributed by atoms with Gasteiger partial charge in [-0.15, -0.1) is 0 Å². The van der Waals surface area contributed by atoms with E-state index in [4.69, 9.17) is 5.73 Å². The first-order valence-electron chi connectivity index (χ1n) is 17.1. The van der Waals surface area contributed by atoms with Crippen molar-refractivity contribution in [1.29, 1.82) is 0 Å². The zero-order valence-electron chi connectivity index (χ0n) is 31.2. The fourth-order valence-corrected chi connectivity index (χ4v) is 5.56. The topological polar surface area (TPSA) is 77.2 Å². The van der Waals surface area contributed by atoms with Gasteiger partial charge in [-0.25, -0.2) is 0 Å². The van der Waals surface area contributed by atoms with E-state index in [9.17, 15) is 4.79 Å². The number of hydrogen-bond acceptors (Lipinski definition) is 7. The van der Waals surface area contributed by atoms with Crippen LogP contribution in [-0.2, 0) is 24.4 Å². The molecule has 0 aromatic heterocycles. The number of nitrogens with zero attached hydrogens (tertiary/aromatic N) is 4. The number of rotatable bonds is 11. The molecule has 2 aliphatic rings. The number of nitrogens with two attached hydrogens (primary N) is 1. The molecule has 3 aromatic carbocycles. The van der Waals surface area contributed by atoms with Gasteiger partial charge in [-0.2, -0.15) is 0 Å². The first-order chi connectivity index (χ1) is 22.4. The Balaban J connectivity index is 0.000000684. The second-order valence-corrected chi connectivity index (χ2v) is 12.5. The molecule has 255 valence electrons. The fourth-order valence-electron chi connectivity index (χ4n) is 5.56. The van der Waals surface area contributed by atoms with Crippen LogP contribution in [0.25, 0.3) is 0 Å². The van der Waals surface area contributed by atoms with Crippen LogP contribution in [-0.4, -0.2) is 99.6 Å². The average Bonchev–Trinajstić information content (AvgIpc) is 3.41. The van der Waals surface area contributed by atoms with Gasteiger partial charge in [0, 0.05) is 98.6 Å². The first-order valence-corrected chi connectivity index (χ1v) is 17.1. The number of nitrogens with one attached hydrogen (secondary N) is 1. The maximum Gasteiger partial charge on any atom is 1.00 e. The average molecular weight is 662 g/mol. The summed E-state index contributed by atoms with van der Waals surface area (Å²) < 4.78 is 0. The summed E-state index contributed by atoms with van der Waals surface area (Å²) in [5, 5.41) is 3.52. The van der Waals surface area contributed by atoms with Gasteiger partial charge < -0.3 is 12.5 Å². The predicted octanol–water partition coefficient (Wildman–Crippen LogP) is 2.39. The Kier molecular flexibility index (Phi) is 24.4. The molecular weight excluding hydrogens is 602 g/mol. The number of carbonyl (C=O) groups excluding carboxylic acids is 1. The van der Waals surface area contributed by atoms with Crippen LogP contribution < -0.4 is 40.6 Å². The minimum absolute atomic E-state index is 0. The van der Waals surface area contributed by atoms with Crippen molar-refractivity contribution in [1.82, 2.24) is 20.0 Å². The molecule has 0 bridgehead atoms. The van der Waals surface area contributed by atoms with Gasteiger partial charge in [0.2, 0.25) is 0 Å². The van der Waals surface area contributed by atoms with Gasteiger partial charge in [0.05, 0.1) is 6.54 Å². The summed E-state index contributed by atoms with van der Waals surface area (Å²) in [6.07, 6.45) is 2.98. The van der Waals surface area contributed by atoms with Crippen molar-refractivity contribution < 1.29 is 35.8 Å². The largest absolute Gasteiger partial charge is 1.00 e. The molecule has 3 radical (unpaired) electrons. The van der Waals surface area contributed by atoms with Gasteiger partial charge in [-0.05, 0) is 50.3 Å². The zero-order valence-corrected chi connectivity index (χ0v) is 32.2. The summed E-state index contributed by atoms with van der Waals surface area (Å²) in [7, 11) is 0. The van der Waals surface area contributed by atoms with Crippen molar-refractivity contribution in [3.63, 3.8) is 0 Å². The molecule has 3 aromatic rings. The number of aliphatic imine (C=N–C) groups is 1. The van der Waals surface area contributed by atoms with Crippen molar-refractivity contribution in [3.05, 3.63) is 108 Å². The van der Waals surface area contributed by atoms with E-state index in [1.165, 1.54) is 41.9 Å². The third kappa shape index (κ3) is 19.8. The minimum atomic E-state index is 0. The van der Waals surface area contributed by atoms with Crippen LogP contribution in [0.15, 0.2) is 96.0 Å². The van der Waals surface area contributed by atoms with Gasteiger partial charge >= 0.3 is 29.6 Å². The summed E-state index contributed by atoms with van der Waals surface area (Å²) in [4.78, 5) is 22.7. The quantitative estimate of drug-likeness (QED) is 0.308. The molecule has 1 saturated heterocycles. The van der Waals surface area contributed by atoms with Gasteiger partial charge in [-0.3, -0.25) is 24.5 Å². The molecule has 0 amide bonds. The van der Waals surface area contributed by atoms with Crippen molar-refractivity contribution in [2.45, 2.75) is 65.7 Å². The number of benzene rings is 3. The summed E-state index contributed by atoms with van der Waals surface area (Å²) in [6.45, 7) is 18.0. The standard InChI is InChI=1S/C13H20N2O.C13H20N2.C13H18N2.B.Na.H/c1-12(16)7-9-15(10-8-14)11-13-5-3-2-4-6-13;2*1-12-7-9-15(10-8-14-12)11-13-5-3-2-4-6-13;;;/h2-6H,7-11,14H2,1H3;2-6,12,14H,7-11H2,1H3;2-6H,7-11H2,1H3;;;/q;;;;+1;-1. The third-order valence-corrected chi connectivity index (χ3v) is 8.36. The molecule has 48 heavy (non-hydrogen) atoms. The van der Waals surface area contributed by atoms with E-state index in [1.807, 2.05) is 18.2 Å². The van der Waals surface area contributed by atoms with E-state index < -0.39 is 0 Å². The first kappa shape index (κ1) is 43.9. The van der Waals surface area contributed by atoms with E-state index in [2.05, 4.69) is 112 Å². The van der Waals surface area contributed by atoms with Gasteiger partial charge in [0.25, 0.3) is 0 Å². The smallest absolute Gasteiger partial charge is 1.00 e. The molecule has 0 aliphatic carbocycles. The Hall–Kier alpha value is -2.14. The SMILES string of the molecule is CC(=O)CCN(CCN)Cc1ccccc1.CC1=NCCN(Cc2ccccc2)CC1.CC1CCN(Cc2ccccc2)CCN1.[B].[H-].[Na+]. The molecule has 1 fully saturated rings. The second-order valence-electron chi connectivity index (χ2n) is 12.5. The molecular formula is C39H59BN6NaO. The summed E-state index contributed by atoms with van der Waals surface area (Å²) in [5.41, 5.74) is 10.9. The Bertz CT molecular complexity index is 1220. The molecule has 7 nitrogen and oxygen atoms in total. The van der Waals surface area contributed by atoms with Gasteiger partial charge in [-0.1, -0.05) is 91.0 Å². The van der Waals surface area contributed by atoms with Crippen LogP contribution in [0, 0.1) is 0 Å². The summed E-state index contributed by atoms with van der Waals surface area (Å²) in [5.74, 6) is 0.232. The minimum Gasteiger partial charge on any atom is -1.00 e. The van der Waals surface area contributed by atoms with Crippen LogP contribution in [0.5, 0.6) is 0 Å². The maximum absolute atomic E-state index is 10.9. The number of Topliss-reactive ketones (excluding diaryl/α,β-unsaturated/α-hetero) is 1. The Morgan fingerprint density at radius 3 is 1.94 bits per heavy atom. The number of carbonyl (C=O) groups is 1. The van der Waals surface area contributed by atoms with Crippen molar-refractivity contribution in [2.24, 2.45) is 10.7 Å². The molecule has 3 N–H and O–H groups in total. The summed E-state index contributed by atoms with van der Waals surface area (Å²) >= 11 is 0. The number of hydrogen-bond donors (Lipinski definition) is 2. The molecule has 2 aliphatic heterocycles. The van der Waals surface area contributed by atoms with E-state index in [1.54, 1.807) is 6.92 Å². The third-order valence-electron chi connectivity index (χ3n) is 8.36. The molecule has 9 heteroatoms. The predicted molar refractivity (Wildman–Crippen MR) is 201 cm³/mol. The van der Waals surface area contributed by atoms with E-state index in [0.717, 1.165) is 65.3 Å². The molecule has 0 spiro atoms. The molecule has 1 unspecified atom stereocenters. The van der Waals surface area contributed by atoms with Crippen molar-refractivity contribution in [3.8, 4) is 0 Å². The molecule has 0 saturated carbocycles. The zero-order chi connectivity index (χ0) is 32.8. The van der Waals surface area contributed by atoms with E-state index >= 15 is 0 Å². The number of ketones is 1. The van der Waals surface area contributed by atoms with Crippen LogP contribution in [0.4, 0.5) is 0 Å². The van der Waals surface area contributed by atoms with Crippen molar-refractivity contribution >= 4 is 19.9 Å². The van der Waals surface area contributed by atoms with Gasteiger partial charge in [0.1, 0.15) is 5.78 Å². The van der Waals surface area contributed by atoms with Crippen LogP contribution in [0.2, 0.25) is 0 Å². The monoisotopic (exact) mass is 661 g/mol.